The number of amides is 2. The fraction of sp³-hybridized carbons (Fsp3) is 0.550. The molecule has 7 heteroatoms. The maximum atomic E-state index is 12.6. The molecule has 0 bridgehead atoms. The van der Waals surface area contributed by atoms with Crippen molar-refractivity contribution in [1.82, 2.24) is 15.1 Å². The van der Waals surface area contributed by atoms with E-state index in [2.05, 4.69) is 17.1 Å². The molecule has 2 N–H and O–H groups in total. The van der Waals surface area contributed by atoms with Crippen LogP contribution in [0.4, 0.5) is 0 Å². The number of likely N-dealkylation sites (N-methyl/N-ethyl adjacent to an activating group) is 1. The molecule has 0 unspecified atom stereocenters. The van der Waals surface area contributed by atoms with Gasteiger partial charge in [-0.25, -0.2) is 4.79 Å². The molecule has 1 aromatic carbocycles. The van der Waals surface area contributed by atoms with E-state index in [1.54, 1.807) is 35.2 Å². The number of likely N-dealkylation sites (tertiary alicyclic amines) is 2. The second-order valence-electron chi connectivity index (χ2n) is 7.31. The summed E-state index contributed by atoms with van der Waals surface area (Å²) in [5, 5.41) is 12.1. The Hall–Kier alpha value is -2.41. The van der Waals surface area contributed by atoms with Gasteiger partial charge in [-0.15, -0.1) is 0 Å². The van der Waals surface area contributed by atoms with Crippen molar-refractivity contribution < 1.29 is 19.5 Å². The molecule has 1 aromatic rings. The van der Waals surface area contributed by atoms with Crippen LogP contribution in [0.15, 0.2) is 30.3 Å². The van der Waals surface area contributed by atoms with Gasteiger partial charge in [0.1, 0.15) is 0 Å². The Morgan fingerprint density at radius 3 is 2.70 bits per heavy atom. The summed E-state index contributed by atoms with van der Waals surface area (Å²) in [7, 11) is 0. The lowest BCUT2D eigenvalue weighted by Crippen LogP contribution is -2.42. The third kappa shape index (κ3) is 4.47. The van der Waals surface area contributed by atoms with Crippen LogP contribution >= 0.6 is 0 Å². The monoisotopic (exact) mass is 373 g/mol. The number of rotatable bonds is 7. The van der Waals surface area contributed by atoms with E-state index >= 15 is 0 Å². The second-order valence-corrected chi connectivity index (χ2v) is 7.31. The molecule has 0 aliphatic carbocycles. The summed E-state index contributed by atoms with van der Waals surface area (Å²) in [6.45, 7) is 5.16. The van der Waals surface area contributed by atoms with E-state index in [0.29, 0.717) is 24.7 Å². The Kier molecular flexibility index (Phi) is 6.11. The summed E-state index contributed by atoms with van der Waals surface area (Å²) >= 11 is 0. The lowest BCUT2D eigenvalue weighted by atomic mass is 10.0. The number of nitrogens with zero attached hydrogens (tertiary/aromatic N) is 2. The zero-order chi connectivity index (χ0) is 19.4. The fourth-order valence-electron chi connectivity index (χ4n) is 4.09. The summed E-state index contributed by atoms with van der Waals surface area (Å²) in [5.74, 6) is -2.01. The molecule has 146 valence electrons. The highest BCUT2D eigenvalue weighted by Crippen LogP contribution is 2.24. The normalized spacial score (nSPS) is 24.2. The first-order valence-corrected chi connectivity index (χ1v) is 9.59. The van der Waals surface area contributed by atoms with Crippen LogP contribution in [0.25, 0.3) is 0 Å². The van der Waals surface area contributed by atoms with Crippen molar-refractivity contribution in [3.63, 3.8) is 0 Å². The minimum absolute atomic E-state index is 0.0234. The first-order chi connectivity index (χ1) is 13.0. The number of benzene rings is 1. The summed E-state index contributed by atoms with van der Waals surface area (Å²) in [4.78, 5) is 40.7. The van der Waals surface area contributed by atoms with Crippen LogP contribution in [-0.2, 0) is 14.4 Å². The van der Waals surface area contributed by atoms with Crippen molar-refractivity contribution >= 4 is 17.8 Å². The number of aliphatic carboxylic acids is 1. The summed E-state index contributed by atoms with van der Waals surface area (Å²) < 4.78 is 0. The lowest BCUT2D eigenvalue weighted by molar-refractivity contribution is -0.142. The molecule has 0 spiro atoms. The smallest absolute Gasteiger partial charge is 0.330 e. The van der Waals surface area contributed by atoms with Crippen LogP contribution < -0.4 is 5.32 Å². The van der Waals surface area contributed by atoms with Gasteiger partial charge in [-0.05, 0) is 31.5 Å². The third-order valence-corrected chi connectivity index (χ3v) is 5.59. The zero-order valence-corrected chi connectivity index (χ0v) is 15.6. The fourth-order valence-corrected chi connectivity index (χ4v) is 4.09. The van der Waals surface area contributed by atoms with E-state index in [-0.39, 0.29) is 18.2 Å². The van der Waals surface area contributed by atoms with Crippen LogP contribution in [0.2, 0.25) is 0 Å². The first kappa shape index (κ1) is 19.4. The van der Waals surface area contributed by atoms with Gasteiger partial charge in [0.2, 0.25) is 11.8 Å². The van der Waals surface area contributed by atoms with Crippen LogP contribution in [0.1, 0.15) is 37.8 Å². The van der Waals surface area contributed by atoms with Gasteiger partial charge in [-0.3, -0.25) is 14.5 Å². The Balaban J connectivity index is 1.60. The molecule has 7 nitrogen and oxygen atoms in total. The van der Waals surface area contributed by atoms with Crippen LogP contribution in [-0.4, -0.2) is 64.9 Å². The molecule has 2 amide bonds. The zero-order valence-electron chi connectivity index (χ0n) is 15.6. The van der Waals surface area contributed by atoms with Gasteiger partial charge in [0.25, 0.3) is 0 Å². The molecular formula is C20H27N3O4. The Morgan fingerprint density at radius 1 is 1.30 bits per heavy atom. The summed E-state index contributed by atoms with van der Waals surface area (Å²) in [6, 6.07) is 7.86. The van der Waals surface area contributed by atoms with Crippen molar-refractivity contribution in [3.05, 3.63) is 35.9 Å². The minimum atomic E-state index is -1.11. The predicted molar refractivity (Wildman–Crippen MR) is 99.9 cm³/mol. The largest absolute Gasteiger partial charge is 0.479 e. The number of carbonyl (C=O) groups excluding carboxylic acids is 2. The molecule has 0 aromatic heterocycles. The Labute approximate surface area is 159 Å². The molecule has 3 atom stereocenters. The van der Waals surface area contributed by atoms with Crippen LogP contribution in [0.5, 0.6) is 0 Å². The van der Waals surface area contributed by atoms with Crippen molar-refractivity contribution in [3.8, 4) is 0 Å². The molecule has 2 heterocycles. The van der Waals surface area contributed by atoms with E-state index in [1.165, 1.54) is 0 Å². The number of hydrogen-bond donors (Lipinski definition) is 2. The second kappa shape index (κ2) is 8.52. The number of nitrogens with one attached hydrogen (secondary N) is 1. The van der Waals surface area contributed by atoms with Gasteiger partial charge in [0.15, 0.2) is 6.04 Å². The maximum Gasteiger partial charge on any atom is 0.330 e. The molecule has 0 saturated carbocycles. The number of carboxylic acid groups (broad SMARTS) is 1. The van der Waals surface area contributed by atoms with Crippen molar-refractivity contribution in [2.75, 3.05) is 26.2 Å². The summed E-state index contributed by atoms with van der Waals surface area (Å²) in [6.07, 6.45) is 2.36. The molecule has 2 aliphatic rings. The molecule has 2 aliphatic heterocycles. The average molecular weight is 373 g/mol. The molecule has 0 radical (unpaired) electrons. The molecular weight excluding hydrogens is 346 g/mol. The molecule has 3 rings (SSSR count). The average Bonchev–Trinajstić information content (AvgIpc) is 3.26. The van der Waals surface area contributed by atoms with E-state index < -0.39 is 17.9 Å². The Bertz CT molecular complexity index is 694. The quantitative estimate of drug-likeness (QED) is 0.751. The predicted octanol–water partition coefficient (Wildman–Crippen LogP) is 1.26. The maximum absolute atomic E-state index is 12.6. The van der Waals surface area contributed by atoms with E-state index in [0.717, 1.165) is 25.9 Å². The standard InChI is InChI=1S/C20H27N3O4/c1-2-22-10-6-9-16(22)13-23-12-15(11-17(23)24)19(25)21-18(20(26)27)14-7-4-3-5-8-14/h3-5,7-8,15-16,18H,2,6,9-13H2,1H3,(H,21,25)(H,26,27)/t15-,16+,18+/m0/s1. The molecule has 2 saturated heterocycles. The Morgan fingerprint density at radius 2 is 2.04 bits per heavy atom. The third-order valence-electron chi connectivity index (χ3n) is 5.59. The van der Waals surface area contributed by atoms with E-state index in [4.69, 9.17) is 0 Å². The van der Waals surface area contributed by atoms with E-state index in [1.807, 2.05) is 0 Å². The molecule has 27 heavy (non-hydrogen) atoms. The highest BCUT2D eigenvalue weighted by Gasteiger charge is 2.38. The number of carboxylic acids is 1. The van der Waals surface area contributed by atoms with Crippen molar-refractivity contribution in [2.24, 2.45) is 5.92 Å². The van der Waals surface area contributed by atoms with Gasteiger partial charge in [-0.1, -0.05) is 37.3 Å². The van der Waals surface area contributed by atoms with Gasteiger partial charge in [0.05, 0.1) is 5.92 Å². The number of carbonyl (C=O) groups is 3. The topological polar surface area (TPSA) is 89.9 Å². The van der Waals surface area contributed by atoms with Gasteiger partial charge < -0.3 is 15.3 Å². The van der Waals surface area contributed by atoms with Gasteiger partial charge in [0, 0.05) is 25.6 Å². The highest BCUT2D eigenvalue weighted by atomic mass is 16.4. The summed E-state index contributed by atoms with van der Waals surface area (Å²) in [5.41, 5.74) is 0.518. The number of hydrogen-bond acceptors (Lipinski definition) is 4. The van der Waals surface area contributed by atoms with Gasteiger partial charge >= 0.3 is 5.97 Å². The highest BCUT2D eigenvalue weighted by molar-refractivity contribution is 5.91. The molecule has 2 fully saturated rings. The lowest BCUT2D eigenvalue weighted by Gasteiger charge is -2.27. The first-order valence-electron chi connectivity index (χ1n) is 9.59. The van der Waals surface area contributed by atoms with E-state index in [9.17, 15) is 19.5 Å². The van der Waals surface area contributed by atoms with Gasteiger partial charge in [-0.2, -0.15) is 0 Å². The van der Waals surface area contributed by atoms with Crippen molar-refractivity contribution in [2.45, 2.75) is 38.3 Å². The SMILES string of the molecule is CCN1CCC[C@@H]1CN1C[C@@H](C(=O)N[C@@H](C(=O)O)c2ccccc2)CC1=O. The minimum Gasteiger partial charge on any atom is -0.479 e. The van der Waals surface area contributed by atoms with Crippen LogP contribution in [0, 0.1) is 5.92 Å². The van der Waals surface area contributed by atoms with Crippen LogP contribution in [0.3, 0.4) is 0 Å². The van der Waals surface area contributed by atoms with Crippen molar-refractivity contribution in [1.29, 1.82) is 0 Å².